The second-order valence-corrected chi connectivity index (χ2v) is 7.62. The van der Waals surface area contributed by atoms with Gasteiger partial charge in [0.05, 0.1) is 5.56 Å². The molecule has 0 aliphatic heterocycles. The summed E-state index contributed by atoms with van der Waals surface area (Å²) in [5.74, 6) is -0.895. The summed E-state index contributed by atoms with van der Waals surface area (Å²) in [6, 6.07) is 11.6. The molecule has 6 heteroatoms. The van der Waals surface area contributed by atoms with Crippen molar-refractivity contribution in [2.24, 2.45) is 0 Å². The molecule has 26 heavy (non-hydrogen) atoms. The third-order valence-corrected chi connectivity index (χ3v) is 5.69. The Morgan fingerprint density at radius 2 is 1.92 bits per heavy atom. The molecule has 0 unspecified atom stereocenters. The Labute approximate surface area is 162 Å². The van der Waals surface area contributed by atoms with E-state index >= 15 is 0 Å². The van der Waals surface area contributed by atoms with Crippen LogP contribution in [0.15, 0.2) is 41.8 Å². The van der Waals surface area contributed by atoms with E-state index in [1.807, 2.05) is 48.7 Å². The quantitative estimate of drug-likeness (QED) is 0.569. The second kappa shape index (κ2) is 8.08. The van der Waals surface area contributed by atoms with Gasteiger partial charge in [-0.25, -0.2) is 4.79 Å². The number of aromatic nitrogens is 1. The Bertz CT molecular complexity index is 899. The highest BCUT2D eigenvalue weighted by atomic mass is 35.5. The van der Waals surface area contributed by atoms with Gasteiger partial charge in [-0.05, 0) is 56.0 Å². The standard InChI is InChI=1S/C20H21ClN2O2S/c1-13-18(12-22-10-9-17-4-3-11-26-17)19(20(24)25)14(2)23(13)16-7-5-15(21)6-8-16/h3-8,11,22H,9-10,12H2,1-2H3,(H,24,25). The van der Waals surface area contributed by atoms with Gasteiger partial charge >= 0.3 is 5.97 Å². The molecular formula is C20H21ClN2O2S. The maximum Gasteiger partial charge on any atom is 0.337 e. The molecule has 0 aliphatic rings. The average molecular weight is 389 g/mol. The number of benzene rings is 1. The van der Waals surface area contributed by atoms with Crippen LogP contribution in [0.1, 0.15) is 32.2 Å². The Hall–Kier alpha value is -2.08. The number of rotatable bonds is 7. The van der Waals surface area contributed by atoms with Crippen LogP contribution in [0.3, 0.4) is 0 Å². The van der Waals surface area contributed by atoms with Gasteiger partial charge in [0.2, 0.25) is 0 Å². The summed E-state index contributed by atoms with van der Waals surface area (Å²) in [5, 5.41) is 15.8. The second-order valence-electron chi connectivity index (χ2n) is 6.15. The first-order valence-electron chi connectivity index (χ1n) is 8.42. The molecule has 0 radical (unpaired) electrons. The van der Waals surface area contributed by atoms with Crippen molar-refractivity contribution in [1.82, 2.24) is 9.88 Å². The molecule has 1 aromatic carbocycles. The van der Waals surface area contributed by atoms with Gasteiger partial charge in [-0.3, -0.25) is 0 Å². The van der Waals surface area contributed by atoms with Crippen LogP contribution in [0.2, 0.25) is 5.02 Å². The lowest BCUT2D eigenvalue weighted by Gasteiger charge is -2.10. The van der Waals surface area contributed by atoms with E-state index in [0.29, 0.717) is 17.1 Å². The van der Waals surface area contributed by atoms with Gasteiger partial charge in [-0.2, -0.15) is 0 Å². The van der Waals surface area contributed by atoms with E-state index in [4.69, 9.17) is 11.6 Å². The van der Waals surface area contributed by atoms with Crippen molar-refractivity contribution in [2.45, 2.75) is 26.8 Å². The number of nitrogens with one attached hydrogen (secondary N) is 1. The number of hydrogen-bond donors (Lipinski definition) is 2. The Kier molecular flexibility index (Phi) is 5.81. The minimum atomic E-state index is -0.895. The molecule has 0 saturated carbocycles. The summed E-state index contributed by atoms with van der Waals surface area (Å²) in [4.78, 5) is 13.2. The first kappa shape index (κ1) is 18.7. The molecule has 2 aromatic heterocycles. The summed E-state index contributed by atoms with van der Waals surface area (Å²) in [7, 11) is 0. The minimum absolute atomic E-state index is 0.376. The number of hydrogen-bond acceptors (Lipinski definition) is 3. The fraction of sp³-hybridized carbons (Fsp3) is 0.250. The van der Waals surface area contributed by atoms with Crippen LogP contribution in [-0.2, 0) is 13.0 Å². The first-order chi connectivity index (χ1) is 12.5. The van der Waals surface area contributed by atoms with E-state index < -0.39 is 5.97 Å². The van der Waals surface area contributed by atoms with Crippen molar-refractivity contribution in [1.29, 1.82) is 0 Å². The predicted molar refractivity (Wildman–Crippen MR) is 107 cm³/mol. The van der Waals surface area contributed by atoms with Crippen LogP contribution in [0.5, 0.6) is 0 Å². The van der Waals surface area contributed by atoms with Crippen molar-refractivity contribution in [3.8, 4) is 5.69 Å². The molecule has 0 spiro atoms. The zero-order valence-corrected chi connectivity index (χ0v) is 16.3. The van der Waals surface area contributed by atoms with E-state index in [1.54, 1.807) is 11.3 Å². The summed E-state index contributed by atoms with van der Waals surface area (Å²) >= 11 is 7.72. The number of aromatic carboxylic acids is 1. The molecule has 136 valence electrons. The van der Waals surface area contributed by atoms with Gasteiger partial charge in [-0.15, -0.1) is 11.3 Å². The molecule has 0 bridgehead atoms. The van der Waals surface area contributed by atoms with Crippen LogP contribution in [0, 0.1) is 13.8 Å². The van der Waals surface area contributed by atoms with Gasteiger partial charge in [0.25, 0.3) is 0 Å². The van der Waals surface area contributed by atoms with Crippen molar-refractivity contribution < 1.29 is 9.90 Å². The van der Waals surface area contributed by atoms with Crippen LogP contribution in [-0.4, -0.2) is 22.2 Å². The molecule has 2 heterocycles. The van der Waals surface area contributed by atoms with Crippen molar-refractivity contribution in [2.75, 3.05) is 6.54 Å². The zero-order chi connectivity index (χ0) is 18.7. The molecule has 4 nitrogen and oxygen atoms in total. The summed E-state index contributed by atoms with van der Waals surface area (Å²) in [6.45, 7) is 5.15. The molecule has 0 atom stereocenters. The molecule has 0 aliphatic carbocycles. The van der Waals surface area contributed by atoms with Crippen molar-refractivity contribution >= 4 is 28.9 Å². The minimum Gasteiger partial charge on any atom is -0.478 e. The molecule has 0 fully saturated rings. The number of nitrogens with zero attached hydrogens (tertiary/aromatic N) is 1. The summed E-state index contributed by atoms with van der Waals surface area (Å²) in [6.07, 6.45) is 0.940. The number of carboxylic acids is 1. The fourth-order valence-corrected chi connectivity index (χ4v) is 4.09. The molecule has 0 amide bonds. The molecule has 3 aromatic rings. The van der Waals surface area contributed by atoms with Crippen molar-refractivity contribution in [3.63, 3.8) is 0 Å². The first-order valence-corrected chi connectivity index (χ1v) is 9.68. The van der Waals surface area contributed by atoms with Crippen LogP contribution < -0.4 is 5.32 Å². The van der Waals surface area contributed by atoms with E-state index in [9.17, 15) is 9.90 Å². The topological polar surface area (TPSA) is 54.3 Å². The Morgan fingerprint density at radius 3 is 2.54 bits per heavy atom. The maximum atomic E-state index is 11.9. The van der Waals surface area contributed by atoms with Gasteiger partial charge in [0.1, 0.15) is 0 Å². The highest BCUT2D eigenvalue weighted by Crippen LogP contribution is 2.27. The predicted octanol–water partition coefficient (Wildman–Crippen LogP) is 4.84. The van der Waals surface area contributed by atoms with E-state index in [2.05, 4.69) is 16.8 Å². The third-order valence-electron chi connectivity index (χ3n) is 4.50. The SMILES string of the molecule is Cc1c(CNCCc2cccs2)c(C(=O)O)c(C)n1-c1ccc(Cl)cc1. The monoisotopic (exact) mass is 388 g/mol. The fourth-order valence-electron chi connectivity index (χ4n) is 3.25. The van der Waals surface area contributed by atoms with Gasteiger partial charge < -0.3 is 15.0 Å². The van der Waals surface area contributed by atoms with Crippen molar-refractivity contribution in [3.05, 3.63) is 74.2 Å². The van der Waals surface area contributed by atoms with E-state index in [1.165, 1.54) is 4.88 Å². The zero-order valence-electron chi connectivity index (χ0n) is 14.8. The summed E-state index contributed by atoms with van der Waals surface area (Å²) in [5.41, 5.74) is 3.78. The Balaban J connectivity index is 1.85. The normalized spacial score (nSPS) is 11.0. The maximum absolute atomic E-state index is 11.9. The van der Waals surface area contributed by atoms with Crippen LogP contribution in [0.4, 0.5) is 0 Å². The number of halogens is 1. The third kappa shape index (κ3) is 3.85. The lowest BCUT2D eigenvalue weighted by molar-refractivity contribution is 0.0695. The lowest BCUT2D eigenvalue weighted by atomic mass is 10.1. The number of thiophene rings is 1. The molecule has 0 saturated heterocycles. The molecule has 2 N–H and O–H groups in total. The summed E-state index contributed by atoms with van der Waals surface area (Å²) < 4.78 is 1.98. The highest BCUT2D eigenvalue weighted by Gasteiger charge is 2.23. The van der Waals surface area contributed by atoms with Gasteiger partial charge in [0, 0.05) is 45.6 Å². The largest absolute Gasteiger partial charge is 0.478 e. The van der Waals surface area contributed by atoms with E-state index in [0.717, 1.165) is 35.6 Å². The molecule has 3 rings (SSSR count). The smallest absolute Gasteiger partial charge is 0.337 e. The highest BCUT2D eigenvalue weighted by molar-refractivity contribution is 7.09. The molecular weight excluding hydrogens is 368 g/mol. The van der Waals surface area contributed by atoms with Gasteiger partial charge in [-0.1, -0.05) is 17.7 Å². The number of carboxylic acid groups (broad SMARTS) is 1. The van der Waals surface area contributed by atoms with E-state index in [-0.39, 0.29) is 0 Å². The van der Waals surface area contributed by atoms with Crippen LogP contribution in [0.25, 0.3) is 5.69 Å². The average Bonchev–Trinajstić information content (AvgIpc) is 3.19. The Morgan fingerprint density at radius 1 is 1.19 bits per heavy atom. The van der Waals surface area contributed by atoms with Crippen LogP contribution >= 0.6 is 22.9 Å². The van der Waals surface area contributed by atoms with Gasteiger partial charge in [0.15, 0.2) is 0 Å². The lowest BCUT2D eigenvalue weighted by Crippen LogP contribution is -2.18. The number of carbonyl (C=O) groups is 1.